The largest absolute Gasteiger partial charge is 0.441 e. The fraction of sp³-hybridized carbons (Fsp3) is 0.118. The molecule has 7 heteroatoms. The number of oxazole rings is 1. The number of anilines is 1. The van der Waals surface area contributed by atoms with Crippen LogP contribution in [0.2, 0.25) is 10.0 Å². The molecule has 0 aliphatic heterocycles. The molecule has 3 aromatic rings. The molecule has 5 nitrogen and oxygen atoms in total. The zero-order chi connectivity index (χ0) is 16.9. The topological polar surface area (TPSA) is 68.0 Å². The number of hydrogen-bond acceptors (Lipinski definition) is 4. The van der Waals surface area contributed by atoms with E-state index in [0.717, 1.165) is 0 Å². The maximum atomic E-state index is 11.9. The fourth-order valence-corrected chi connectivity index (χ4v) is 2.60. The Hall–Kier alpha value is -2.37. The highest BCUT2D eigenvalue weighted by Gasteiger charge is 2.12. The average Bonchev–Trinajstić information content (AvgIpc) is 3.02. The van der Waals surface area contributed by atoms with E-state index in [4.69, 9.17) is 27.6 Å². The molecule has 0 spiro atoms. The van der Waals surface area contributed by atoms with Crippen LogP contribution in [-0.4, -0.2) is 15.9 Å². The Labute approximate surface area is 148 Å². The highest BCUT2D eigenvalue weighted by molar-refractivity contribution is 6.36. The predicted octanol–water partition coefficient (Wildman–Crippen LogP) is 4.61. The van der Waals surface area contributed by atoms with Gasteiger partial charge in [0.15, 0.2) is 11.7 Å². The maximum Gasteiger partial charge on any atom is 0.226 e. The van der Waals surface area contributed by atoms with Gasteiger partial charge in [-0.3, -0.25) is 4.79 Å². The molecule has 0 unspecified atom stereocenters. The van der Waals surface area contributed by atoms with Gasteiger partial charge in [0.1, 0.15) is 5.82 Å². The Morgan fingerprint density at radius 2 is 2.04 bits per heavy atom. The summed E-state index contributed by atoms with van der Waals surface area (Å²) in [5.74, 6) is 1.37. The quantitative estimate of drug-likeness (QED) is 0.719. The molecule has 2 heterocycles. The third-order valence-corrected chi connectivity index (χ3v) is 3.80. The third kappa shape index (κ3) is 4.13. The maximum absolute atomic E-state index is 11.9. The van der Waals surface area contributed by atoms with Crippen LogP contribution in [-0.2, 0) is 11.2 Å². The van der Waals surface area contributed by atoms with Crippen molar-refractivity contribution in [2.45, 2.75) is 12.8 Å². The van der Waals surface area contributed by atoms with Gasteiger partial charge in [-0.2, -0.15) is 0 Å². The van der Waals surface area contributed by atoms with Crippen molar-refractivity contribution in [1.82, 2.24) is 9.97 Å². The first-order valence-electron chi connectivity index (χ1n) is 7.23. The number of carbonyl (C=O) groups excluding carboxylic acids is 1. The van der Waals surface area contributed by atoms with E-state index < -0.39 is 0 Å². The molecule has 1 aromatic carbocycles. The molecule has 1 N–H and O–H groups in total. The van der Waals surface area contributed by atoms with Gasteiger partial charge >= 0.3 is 0 Å². The van der Waals surface area contributed by atoms with Crippen LogP contribution in [0.15, 0.2) is 53.2 Å². The summed E-state index contributed by atoms with van der Waals surface area (Å²) in [6.45, 7) is 0. The molecule has 0 fully saturated rings. The van der Waals surface area contributed by atoms with E-state index in [1.165, 1.54) is 0 Å². The standard InChI is InChI=1S/C17H13Cl2N3O2/c18-11-4-5-12(13(19)9-11)14-10-21-17(24-14)7-6-16(23)22-15-3-1-2-8-20-15/h1-5,8-10H,6-7H2,(H,20,22,23). The second-order valence-corrected chi connectivity index (χ2v) is 5.85. The van der Waals surface area contributed by atoms with Gasteiger partial charge in [-0.15, -0.1) is 0 Å². The molecule has 0 saturated heterocycles. The summed E-state index contributed by atoms with van der Waals surface area (Å²) in [6, 6.07) is 10.4. The molecular formula is C17H13Cl2N3O2. The van der Waals surface area contributed by atoms with E-state index in [1.807, 2.05) is 0 Å². The number of hydrogen-bond donors (Lipinski definition) is 1. The lowest BCUT2D eigenvalue weighted by Crippen LogP contribution is -2.13. The van der Waals surface area contributed by atoms with Crippen molar-refractivity contribution >= 4 is 34.9 Å². The highest BCUT2D eigenvalue weighted by atomic mass is 35.5. The lowest BCUT2D eigenvalue weighted by Gasteiger charge is -2.02. The molecular weight excluding hydrogens is 349 g/mol. The monoisotopic (exact) mass is 361 g/mol. The lowest BCUT2D eigenvalue weighted by atomic mass is 10.2. The van der Waals surface area contributed by atoms with Gasteiger partial charge in [-0.05, 0) is 30.3 Å². The van der Waals surface area contributed by atoms with Crippen LogP contribution < -0.4 is 5.32 Å². The van der Waals surface area contributed by atoms with Gasteiger partial charge in [0.25, 0.3) is 0 Å². The summed E-state index contributed by atoms with van der Waals surface area (Å²) in [7, 11) is 0. The third-order valence-electron chi connectivity index (χ3n) is 3.25. The molecule has 0 aliphatic carbocycles. The minimum absolute atomic E-state index is 0.155. The van der Waals surface area contributed by atoms with Crippen molar-refractivity contribution < 1.29 is 9.21 Å². The Morgan fingerprint density at radius 1 is 1.17 bits per heavy atom. The number of aromatic nitrogens is 2. The van der Waals surface area contributed by atoms with Crippen molar-refractivity contribution in [2.24, 2.45) is 0 Å². The molecule has 0 atom stereocenters. The van der Waals surface area contributed by atoms with E-state index in [9.17, 15) is 4.79 Å². The van der Waals surface area contributed by atoms with Crippen molar-refractivity contribution in [2.75, 3.05) is 5.32 Å². The van der Waals surface area contributed by atoms with Crippen LogP contribution in [0.4, 0.5) is 5.82 Å². The van der Waals surface area contributed by atoms with Crippen LogP contribution in [0, 0.1) is 0 Å². The van der Waals surface area contributed by atoms with Gasteiger partial charge in [0.05, 0.1) is 11.2 Å². The summed E-state index contributed by atoms with van der Waals surface area (Å²) in [5.41, 5.74) is 0.706. The number of pyridine rings is 1. The van der Waals surface area contributed by atoms with Gasteiger partial charge < -0.3 is 9.73 Å². The first-order chi connectivity index (χ1) is 11.6. The van der Waals surface area contributed by atoms with E-state index in [0.29, 0.717) is 39.5 Å². The second-order valence-electron chi connectivity index (χ2n) is 5.01. The Balaban J connectivity index is 1.61. The SMILES string of the molecule is O=C(CCc1ncc(-c2ccc(Cl)cc2Cl)o1)Nc1ccccn1. The molecule has 0 aliphatic rings. The van der Waals surface area contributed by atoms with Crippen molar-refractivity contribution in [3.05, 3.63) is 64.7 Å². The number of amides is 1. The first kappa shape index (κ1) is 16.5. The number of rotatable bonds is 5. The van der Waals surface area contributed by atoms with Crippen LogP contribution in [0.25, 0.3) is 11.3 Å². The lowest BCUT2D eigenvalue weighted by molar-refractivity contribution is -0.116. The Morgan fingerprint density at radius 3 is 2.79 bits per heavy atom. The number of aryl methyl sites for hydroxylation is 1. The van der Waals surface area contributed by atoms with Crippen LogP contribution in [0.3, 0.4) is 0 Å². The Kier molecular flexibility index (Phi) is 5.13. The fourth-order valence-electron chi connectivity index (χ4n) is 2.10. The van der Waals surface area contributed by atoms with E-state index in [1.54, 1.807) is 48.8 Å². The van der Waals surface area contributed by atoms with Crippen molar-refractivity contribution in [1.29, 1.82) is 0 Å². The number of nitrogens with zero attached hydrogens (tertiary/aromatic N) is 2. The molecule has 24 heavy (non-hydrogen) atoms. The van der Waals surface area contributed by atoms with Crippen molar-refractivity contribution in [3.8, 4) is 11.3 Å². The van der Waals surface area contributed by atoms with Crippen LogP contribution in [0.1, 0.15) is 12.3 Å². The summed E-state index contributed by atoms with van der Waals surface area (Å²) < 4.78 is 5.66. The molecule has 0 bridgehead atoms. The highest BCUT2D eigenvalue weighted by Crippen LogP contribution is 2.30. The predicted molar refractivity (Wildman–Crippen MR) is 93.1 cm³/mol. The van der Waals surface area contributed by atoms with Gasteiger partial charge in [0, 0.05) is 29.6 Å². The van der Waals surface area contributed by atoms with E-state index in [-0.39, 0.29) is 12.3 Å². The summed E-state index contributed by atoms with van der Waals surface area (Å²) in [6.07, 6.45) is 3.82. The van der Waals surface area contributed by atoms with E-state index in [2.05, 4.69) is 15.3 Å². The molecule has 0 saturated carbocycles. The minimum Gasteiger partial charge on any atom is -0.441 e. The zero-order valence-corrected chi connectivity index (χ0v) is 14.0. The summed E-state index contributed by atoms with van der Waals surface area (Å²) in [5, 5.41) is 3.75. The minimum atomic E-state index is -0.155. The van der Waals surface area contributed by atoms with Crippen LogP contribution >= 0.6 is 23.2 Å². The van der Waals surface area contributed by atoms with E-state index >= 15 is 0 Å². The van der Waals surface area contributed by atoms with Gasteiger partial charge in [-0.25, -0.2) is 9.97 Å². The molecule has 3 rings (SSSR count). The summed E-state index contributed by atoms with van der Waals surface area (Å²) in [4.78, 5) is 20.1. The second kappa shape index (κ2) is 7.47. The first-order valence-corrected chi connectivity index (χ1v) is 7.98. The van der Waals surface area contributed by atoms with Gasteiger partial charge in [-0.1, -0.05) is 29.3 Å². The van der Waals surface area contributed by atoms with Gasteiger partial charge in [0.2, 0.25) is 5.91 Å². The normalized spacial score (nSPS) is 10.6. The zero-order valence-electron chi connectivity index (χ0n) is 12.5. The molecule has 1 amide bonds. The number of halogens is 2. The molecule has 122 valence electrons. The van der Waals surface area contributed by atoms with Crippen molar-refractivity contribution in [3.63, 3.8) is 0 Å². The number of benzene rings is 1. The van der Waals surface area contributed by atoms with Crippen LogP contribution in [0.5, 0.6) is 0 Å². The Bertz CT molecular complexity index is 850. The molecule has 0 radical (unpaired) electrons. The number of carbonyl (C=O) groups is 1. The smallest absolute Gasteiger partial charge is 0.226 e. The molecule has 2 aromatic heterocycles. The summed E-state index contributed by atoms with van der Waals surface area (Å²) >= 11 is 12.0. The average molecular weight is 362 g/mol. The number of nitrogens with one attached hydrogen (secondary N) is 1.